The number of Topliss-reactive ketones (excluding diaryl/α,β-unsaturated/α-hetero) is 1. The molecule has 8 N–H and O–H groups in total. The molecule has 0 aliphatic carbocycles. The van der Waals surface area contributed by atoms with Crippen LogP contribution in [0.3, 0.4) is 0 Å². The molecule has 0 fully saturated rings. The maximum absolute atomic E-state index is 14.4. The van der Waals surface area contributed by atoms with Gasteiger partial charge in [-0.15, -0.1) is 0 Å². The largest absolute Gasteiger partial charge is 0.463 e. The monoisotopic (exact) mass is 495 g/mol. The molecule has 0 atom stereocenters. The summed E-state index contributed by atoms with van der Waals surface area (Å²) >= 11 is 0. The predicted octanol–water partition coefficient (Wildman–Crippen LogP) is -0.327. The third kappa shape index (κ3) is 3.83. The Bertz CT molecular complexity index is 979. The van der Waals surface area contributed by atoms with Gasteiger partial charge in [-0.25, -0.2) is 40.0 Å². The Morgan fingerprint density at radius 3 is 1.43 bits per heavy atom. The number of allylic oxidation sites excluding steroid dienone is 2. The van der Waals surface area contributed by atoms with E-state index in [2.05, 4.69) is 10.9 Å². The number of amides is 4. The van der Waals surface area contributed by atoms with E-state index in [4.69, 9.17) is 26.7 Å². The molecule has 2 heterocycles. The molecule has 0 aromatic carbocycles. The maximum Gasteiger partial charge on any atom is 0.337 e. The summed E-state index contributed by atoms with van der Waals surface area (Å²) in [5.74, 6) is -4.97. The number of primary amides is 2. The van der Waals surface area contributed by atoms with Crippen molar-refractivity contribution in [2.24, 2.45) is 28.0 Å². The van der Waals surface area contributed by atoms with Crippen molar-refractivity contribution in [1.29, 1.82) is 0 Å². The average Bonchev–Trinajstić information content (AvgIpc) is 3.02. The first-order valence-corrected chi connectivity index (χ1v) is 10.9. The fraction of sp³-hybridized carbons (Fsp3) is 0.571. The number of urea groups is 2. The zero-order chi connectivity index (χ0) is 27.1. The van der Waals surface area contributed by atoms with E-state index in [1.54, 1.807) is 34.6 Å². The number of carbonyl (C=O) groups is 5. The maximum atomic E-state index is 14.4. The van der Waals surface area contributed by atoms with Crippen LogP contribution in [0.15, 0.2) is 22.5 Å². The third-order valence-electron chi connectivity index (χ3n) is 5.80. The summed E-state index contributed by atoms with van der Waals surface area (Å²) < 4.78 is 10.5. The highest BCUT2D eigenvalue weighted by molar-refractivity contribution is 6.14. The highest BCUT2D eigenvalue weighted by atomic mass is 16.5. The van der Waals surface area contributed by atoms with Crippen LogP contribution in [-0.4, -0.2) is 58.8 Å². The van der Waals surface area contributed by atoms with E-state index < -0.39 is 46.4 Å². The summed E-state index contributed by atoms with van der Waals surface area (Å²) in [7, 11) is 0. The van der Waals surface area contributed by atoms with Crippen LogP contribution >= 0.6 is 0 Å². The lowest BCUT2D eigenvalue weighted by Gasteiger charge is -2.49. The highest BCUT2D eigenvalue weighted by Crippen LogP contribution is 2.62. The second kappa shape index (κ2) is 9.09. The highest BCUT2D eigenvalue weighted by Gasteiger charge is 2.78. The SMILES string of the molecule is CCOC(=O)C1=C(C)N(NC(N)=O)C2(N)N(NC(N)=O)C(C)=C(C(=O)OCC)C12C(=O)C(C)(C)C. The molecule has 0 aromatic heterocycles. The Morgan fingerprint density at radius 2 is 1.17 bits per heavy atom. The van der Waals surface area contributed by atoms with E-state index in [9.17, 15) is 24.0 Å². The van der Waals surface area contributed by atoms with Gasteiger partial charge in [0.15, 0.2) is 11.2 Å². The molecule has 0 saturated heterocycles. The molecular weight excluding hydrogens is 462 g/mol. The van der Waals surface area contributed by atoms with Crippen molar-refractivity contribution >= 4 is 29.8 Å². The van der Waals surface area contributed by atoms with Gasteiger partial charge in [0.05, 0.1) is 24.4 Å². The van der Waals surface area contributed by atoms with Gasteiger partial charge in [-0.2, -0.15) is 0 Å². The van der Waals surface area contributed by atoms with Crippen LogP contribution in [0.2, 0.25) is 0 Å². The summed E-state index contributed by atoms with van der Waals surface area (Å²) in [5, 5.41) is 1.88. The molecule has 0 radical (unpaired) electrons. The summed E-state index contributed by atoms with van der Waals surface area (Å²) in [6.45, 7) is 10.4. The molecule has 0 bridgehead atoms. The Labute approximate surface area is 202 Å². The number of nitrogens with zero attached hydrogens (tertiary/aromatic N) is 2. The van der Waals surface area contributed by atoms with Crippen molar-refractivity contribution in [2.75, 3.05) is 13.2 Å². The third-order valence-corrected chi connectivity index (χ3v) is 5.80. The standard InChI is InChI=1S/C21H33N7O7/c1-8-34-14(29)12-10(3)27(25-17(22)32)21(24)20(12,16(31)19(5,6)7)13(15(30)35-9-2)11(4)28(21)26-18(23)33/h8-9,24H2,1-7H3,(H3,22,25,32)(H3,23,26,33). The van der Waals surface area contributed by atoms with Gasteiger partial charge in [-0.3, -0.25) is 10.5 Å². The van der Waals surface area contributed by atoms with Gasteiger partial charge >= 0.3 is 24.0 Å². The van der Waals surface area contributed by atoms with Gasteiger partial charge in [0.25, 0.3) is 0 Å². The molecule has 0 spiro atoms. The summed E-state index contributed by atoms with van der Waals surface area (Å²) in [4.78, 5) is 65.2. The van der Waals surface area contributed by atoms with Crippen LogP contribution in [0.1, 0.15) is 48.5 Å². The first-order chi connectivity index (χ1) is 16.0. The van der Waals surface area contributed by atoms with E-state index in [1.807, 2.05) is 0 Å². The minimum Gasteiger partial charge on any atom is -0.463 e. The minimum absolute atomic E-state index is 0.0482. The number of ether oxygens (including phenoxy) is 2. The van der Waals surface area contributed by atoms with E-state index in [0.717, 1.165) is 10.0 Å². The number of carbonyl (C=O) groups excluding carboxylic acids is 5. The van der Waals surface area contributed by atoms with Crippen LogP contribution in [0.5, 0.6) is 0 Å². The van der Waals surface area contributed by atoms with Crippen molar-refractivity contribution < 1.29 is 33.4 Å². The van der Waals surface area contributed by atoms with Crippen molar-refractivity contribution in [3.05, 3.63) is 22.5 Å². The second-order valence-corrected chi connectivity index (χ2v) is 9.04. The zero-order valence-electron chi connectivity index (χ0n) is 20.9. The molecule has 4 amide bonds. The number of fused-ring (bicyclic) bond motifs is 1. The van der Waals surface area contributed by atoms with E-state index in [1.165, 1.54) is 13.8 Å². The lowest BCUT2D eigenvalue weighted by atomic mass is 9.62. The van der Waals surface area contributed by atoms with Gasteiger partial charge in [0, 0.05) is 16.8 Å². The Balaban J connectivity index is 3.17. The average molecular weight is 496 g/mol. The summed E-state index contributed by atoms with van der Waals surface area (Å²) in [6.07, 6.45) is 0. The Hall–Kier alpha value is -3.81. The van der Waals surface area contributed by atoms with Crippen molar-refractivity contribution in [1.82, 2.24) is 20.9 Å². The van der Waals surface area contributed by atoms with Crippen LogP contribution in [0, 0.1) is 10.8 Å². The minimum atomic E-state index is -2.33. The molecule has 0 aromatic rings. The van der Waals surface area contributed by atoms with Gasteiger partial charge in [-0.05, 0) is 27.7 Å². The van der Waals surface area contributed by atoms with Gasteiger partial charge in [-0.1, -0.05) is 20.8 Å². The molecular formula is C21H33N7O7. The number of hydrazine groups is 2. The van der Waals surface area contributed by atoms with Crippen molar-refractivity contribution in [2.45, 2.75) is 54.3 Å². The van der Waals surface area contributed by atoms with E-state index in [-0.39, 0.29) is 35.8 Å². The first kappa shape index (κ1) is 27.4. The van der Waals surface area contributed by atoms with Gasteiger partial charge in [0.2, 0.25) is 5.79 Å². The van der Waals surface area contributed by atoms with Crippen LogP contribution in [-0.2, 0) is 23.9 Å². The topological polar surface area (TPSA) is 212 Å². The number of hydrogen-bond donors (Lipinski definition) is 5. The Morgan fingerprint density at radius 1 is 0.829 bits per heavy atom. The normalized spacial score (nSPS) is 23.8. The fourth-order valence-corrected chi connectivity index (χ4v) is 4.73. The van der Waals surface area contributed by atoms with E-state index in [0.29, 0.717) is 0 Å². The van der Waals surface area contributed by atoms with Gasteiger partial charge in [0.1, 0.15) is 0 Å². The number of rotatable bonds is 7. The van der Waals surface area contributed by atoms with Crippen molar-refractivity contribution in [3.63, 3.8) is 0 Å². The summed E-state index contributed by atoms with van der Waals surface area (Å²) in [6, 6.07) is -2.20. The molecule has 2 rings (SSSR count). The zero-order valence-corrected chi connectivity index (χ0v) is 20.9. The van der Waals surface area contributed by atoms with Gasteiger partial charge < -0.3 is 20.9 Å². The lowest BCUT2D eigenvalue weighted by Crippen LogP contribution is -2.77. The molecule has 194 valence electrons. The molecule has 14 nitrogen and oxygen atoms in total. The lowest BCUT2D eigenvalue weighted by molar-refractivity contribution is -0.156. The smallest absolute Gasteiger partial charge is 0.337 e. The van der Waals surface area contributed by atoms with E-state index >= 15 is 0 Å². The Kier molecular flexibility index (Phi) is 7.13. The number of hydrogen-bond acceptors (Lipinski definition) is 10. The molecule has 14 heteroatoms. The summed E-state index contributed by atoms with van der Waals surface area (Å²) in [5.41, 5.74) is 18.0. The number of nitrogens with two attached hydrogens (primary N) is 3. The fourth-order valence-electron chi connectivity index (χ4n) is 4.73. The van der Waals surface area contributed by atoms with Crippen molar-refractivity contribution in [3.8, 4) is 0 Å². The van der Waals surface area contributed by atoms with Crippen LogP contribution in [0.25, 0.3) is 0 Å². The predicted molar refractivity (Wildman–Crippen MR) is 122 cm³/mol. The number of nitrogens with one attached hydrogen (secondary N) is 2. The number of ketones is 1. The quantitative estimate of drug-likeness (QED) is 0.290. The molecule has 35 heavy (non-hydrogen) atoms. The van der Waals surface area contributed by atoms with Crippen LogP contribution < -0.4 is 28.1 Å². The number of esters is 2. The second-order valence-electron chi connectivity index (χ2n) is 9.04. The van der Waals surface area contributed by atoms with Crippen LogP contribution in [0.4, 0.5) is 9.59 Å². The molecule has 0 unspecified atom stereocenters. The first-order valence-electron chi connectivity index (χ1n) is 10.9. The molecule has 2 aliphatic rings. The molecule has 2 aliphatic heterocycles. The molecule has 0 saturated carbocycles.